The Balaban J connectivity index is 2.14. The van der Waals surface area contributed by atoms with Crippen LogP contribution in [-0.4, -0.2) is 41.9 Å². The number of hydrogen-bond donors (Lipinski definition) is 3. The largest absolute Gasteiger partial charge is 0.480 e. The first-order valence-electron chi connectivity index (χ1n) is 7.01. The van der Waals surface area contributed by atoms with Gasteiger partial charge < -0.3 is 20.9 Å². The maximum absolute atomic E-state index is 11.6. The molecule has 0 saturated heterocycles. The van der Waals surface area contributed by atoms with Gasteiger partial charge in [0.2, 0.25) is 0 Å². The third-order valence-electron chi connectivity index (χ3n) is 3.40. The molecule has 0 aromatic carbocycles. The Morgan fingerprint density at radius 2 is 2.24 bits per heavy atom. The summed E-state index contributed by atoms with van der Waals surface area (Å²) < 4.78 is 5.21. The number of nitrogens with two attached hydrogens (primary N) is 1. The van der Waals surface area contributed by atoms with Gasteiger partial charge in [0.1, 0.15) is 12.1 Å². The molecule has 0 radical (unpaired) electrons. The van der Waals surface area contributed by atoms with Crippen LogP contribution in [-0.2, 0) is 9.53 Å². The number of hydrogen-bond acceptors (Lipinski definition) is 5. The molecule has 1 amide bonds. The molecule has 0 bridgehead atoms. The van der Waals surface area contributed by atoms with Crippen LogP contribution >= 0.6 is 0 Å². The first-order chi connectivity index (χ1) is 10.0. The second-order valence-electron chi connectivity index (χ2n) is 5.01. The van der Waals surface area contributed by atoms with Crippen molar-refractivity contribution in [2.75, 3.05) is 6.54 Å². The number of unbranched alkanes of at least 4 members (excludes halogenated alkanes) is 1. The van der Waals surface area contributed by atoms with Crippen LogP contribution in [0.25, 0.3) is 10.4 Å². The molecule has 118 valence electrons. The smallest absolute Gasteiger partial charge is 0.407 e. The number of nitrogens with zero attached hydrogens (tertiary/aromatic N) is 3. The number of aliphatic carboxylic acids is 1. The number of alkyl carbamates (subject to hydrolysis) is 1. The number of carboxylic acids is 1. The fourth-order valence-corrected chi connectivity index (χ4v) is 2.22. The zero-order valence-electron chi connectivity index (χ0n) is 11.8. The average molecular weight is 299 g/mol. The van der Waals surface area contributed by atoms with Gasteiger partial charge in [0.05, 0.1) is 6.04 Å². The molecule has 0 aromatic rings. The summed E-state index contributed by atoms with van der Waals surface area (Å²) in [5, 5.41) is 14.8. The summed E-state index contributed by atoms with van der Waals surface area (Å²) >= 11 is 0. The van der Waals surface area contributed by atoms with Crippen molar-refractivity contribution in [3.05, 3.63) is 10.4 Å². The lowest BCUT2D eigenvalue weighted by Crippen LogP contribution is -2.33. The van der Waals surface area contributed by atoms with Crippen LogP contribution in [0.2, 0.25) is 0 Å². The van der Waals surface area contributed by atoms with Crippen molar-refractivity contribution >= 4 is 12.1 Å². The fraction of sp³-hybridized carbons (Fsp3) is 0.833. The molecule has 9 nitrogen and oxygen atoms in total. The second-order valence-corrected chi connectivity index (χ2v) is 5.01. The normalized spacial score (nSPS) is 22.1. The van der Waals surface area contributed by atoms with Gasteiger partial charge in [-0.2, -0.15) is 0 Å². The van der Waals surface area contributed by atoms with Crippen LogP contribution < -0.4 is 11.1 Å². The van der Waals surface area contributed by atoms with E-state index in [0.29, 0.717) is 32.2 Å². The van der Waals surface area contributed by atoms with Crippen LogP contribution in [0.3, 0.4) is 0 Å². The molecule has 1 saturated carbocycles. The number of rotatable bonds is 8. The van der Waals surface area contributed by atoms with Gasteiger partial charge in [-0.15, -0.1) is 0 Å². The summed E-state index contributed by atoms with van der Waals surface area (Å²) in [6.45, 7) is 0.393. The number of azide groups is 1. The van der Waals surface area contributed by atoms with E-state index in [-0.39, 0.29) is 12.1 Å². The molecule has 0 aromatic heterocycles. The number of carbonyl (C=O) groups excluding carboxylic acids is 1. The maximum Gasteiger partial charge on any atom is 0.407 e. The Morgan fingerprint density at radius 1 is 1.48 bits per heavy atom. The van der Waals surface area contributed by atoms with Gasteiger partial charge in [-0.25, -0.2) is 4.79 Å². The van der Waals surface area contributed by atoms with Gasteiger partial charge >= 0.3 is 12.1 Å². The lowest BCUT2D eigenvalue weighted by Gasteiger charge is -2.16. The quantitative estimate of drug-likeness (QED) is 0.268. The van der Waals surface area contributed by atoms with E-state index < -0.39 is 18.1 Å². The summed E-state index contributed by atoms with van der Waals surface area (Å²) in [5.41, 5.74) is 13.8. The lowest BCUT2D eigenvalue weighted by atomic mass is 10.1. The molecule has 1 aliphatic rings. The summed E-state index contributed by atoms with van der Waals surface area (Å²) in [7, 11) is 0. The molecule has 4 N–H and O–H groups in total. The van der Waals surface area contributed by atoms with Crippen molar-refractivity contribution in [2.45, 2.75) is 56.7 Å². The van der Waals surface area contributed by atoms with Gasteiger partial charge in [0.15, 0.2) is 0 Å². The van der Waals surface area contributed by atoms with Crippen molar-refractivity contribution in [3.8, 4) is 0 Å². The highest BCUT2D eigenvalue weighted by Gasteiger charge is 2.29. The van der Waals surface area contributed by atoms with Crippen LogP contribution in [0, 0.1) is 0 Å². The Morgan fingerprint density at radius 3 is 2.90 bits per heavy atom. The minimum absolute atomic E-state index is 0.283. The lowest BCUT2D eigenvalue weighted by molar-refractivity contribution is -0.138. The predicted octanol–water partition coefficient (Wildman–Crippen LogP) is 1.53. The number of carboxylic acid groups (broad SMARTS) is 1. The van der Waals surface area contributed by atoms with Crippen LogP contribution in [0.5, 0.6) is 0 Å². The standard InChI is InChI=1S/C12H21N5O4/c13-8(11(18)19)4-1-2-7-15-12(20)21-10-6-3-5-9(10)16-17-14/h8-10H,1-7,13H2,(H,15,20)(H,18,19)/t8-,9?,10?/m0/s1. The summed E-state index contributed by atoms with van der Waals surface area (Å²) in [5.74, 6) is -1.02. The minimum atomic E-state index is -1.02. The molecular weight excluding hydrogens is 278 g/mol. The van der Waals surface area contributed by atoms with Gasteiger partial charge in [-0.3, -0.25) is 4.79 Å². The predicted molar refractivity (Wildman–Crippen MR) is 74.5 cm³/mol. The highest BCUT2D eigenvalue weighted by atomic mass is 16.6. The topological polar surface area (TPSA) is 150 Å². The van der Waals surface area contributed by atoms with Crippen LogP contribution in [0.1, 0.15) is 38.5 Å². The van der Waals surface area contributed by atoms with Gasteiger partial charge in [-0.05, 0) is 44.1 Å². The third kappa shape index (κ3) is 6.33. The van der Waals surface area contributed by atoms with Gasteiger partial charge in [0.25, 0.3) is 0 Å². The van der Waals surface area contributed by atoms with E-state index in [1.165, 1.54) is 0 Å². The van der Waals surface area contributed by atoms with Crippen molar-refractivity contribution < 1.29 is 19.4 Å². The van der Waals surface area contributed by atoms with Crippen molar-refractivity contribution in [1.29, 1.82) is 0 Å². The molecular formula is C12H21N5O4. The highest BCUT2D eigenvalue weighted by Crippen LogP contribution is 2.25. The van der Waals surface area contributed by atoms with Crippen molar-refractivity contribution in [3.63, 3.8) is 0 Å². The van der Waals surface area contributed by atoms with E-state index in [4.69, 9.17) is 21.1 Å². The molecule has 0 heterocycles. The number of ether oxygens (including phenoxy) is 1. The molecule has 1 aliphatic carbocycles. The SMILES string of the molecule is [N-]=[N+]=NC1CCCC1OC(=O)NCCCC[C@H](N)C(=O)O. The Labute approximate surface area is 122 Å². The molecule has 0 spiro atoms. The monoisotopic (exact) mass is 299 g/mol. The van der Waals surface area contributed by atoms with Crippen LogP contribution in [0.4, 0.5) is 4.79 Å². The molecule has 3 atom stereocenters. The Bertz CT molecular complexity index is 410. The average Bonchev–Trinajstić information content (AvgIpc) is 2.85. The van der Waals surface area contributed by atoms with Gasteiger partial charge in [-0.1, -0.05) is 5.11 Å². The summed E-state index contributed by atoms with van der Waals surface area (Å²) in [4.78, 5) is 24.8. The fourth-order valence-electron chi connectivity index (χ4n) is 2.22. The molecule has 2 unspecified atom stereocenters. The van der Waals surface area contributed by atoms with Crippen molar-refractivity contribution in [2.24, 2.45) is 10.8 Å². The van der Waals surface area contributed by atoms with Gasteiger partial charge in [0, 0.05) is 11.5 Å². The first kappa shape index (κ1) is 17.1. The molecule has 21 heavy (non-hydrogen) atoms. The third-order valence-corrected chi connectivity index (χ3v) is 3.40. The second kappa shape index (κ2) is 9.04. The van der Waals surface area contributed by atoms with E-state index in [9.17, 15) is 9.59 Å². The number of carbonyl (C=O) groups is 2. The van der Waals surface area contributed by atoms with Crippen LogP contribution in [0.15, 0.2) is 5.11 Å². The zero-order chi connectivity index (χ0) is 15.7. The van der Waals surface area contributed by atoms with E-state index >= 15 is 0 Å². The maximum atomic E-state index is 11.6. The summed E-state index contributed by atoms with van der Waals surface area (Å²) in [6, 6.07) is -1.14. The number of nitrogens with one attached hydrogen (secondary N) is 1. The zero-order valence-corrected chi connectivity index (χ0v) is 11.8. The molecule has 0 aliphatic heterocycles. The first-order valence-corrected chi connectivity index (χ1v) is 7.01. The molecule has 1 fully saturated rings. The van der Waals surface area contributed by atoms with E-state index in [2.05, 4.69) is 15.3 Å². The van der Waals surface area contributed by atoms with Crippen molar-refractivity contribution in [1.82, 2.24) is 5.32 Å². The molecule has 9 heteroatoms. The Hall–Kier alpha value is -1.99. The molecule has 1 rings (SSSR count). The highest BCUT2D eigenvalue weighted by molar-refractivity contribution is 5.72. The Kier molecular flexibility index (Phi) is 7.34. The van der Waals surface area contributed by atoms with E-state index in [0.717, 1.165) is 12.8 Å². The van der Waals surface area contributed by atoms with E-state index in [1.807, 2.05) is 0 Å². The van der Waals surface area contributed by atoms with E-state index in [1.54, 1.807) is 0 Å². The summed E-state index contributed by atoms with van der Waals surface area (Å²) in [6.07, 6.45) is 3.00. The number of amides is 1. The minimum Gasteiger partial charge on any atom is -0.480 e.